The zero-order valence-corrected chi connectivity index (χ0v) is 13.5. The van der Waals surface area contributed by atoms with E-state index in [1.54, 1.807) is 0 Å². The Morgan fingerprint density at radius 3 is 3.00 bits per heavy atom. The number of H-pyrrole nitrogens is 1. The second kappa shape index (κ2) is 7.24. The Labute approximate surface area is 132 Å². The van der Waals surface area contributed by atoms with E-state index in [-0.39, 0.29) is 5.91 Å². The Balaban J connectivity index is 1.44. The van der Waals surface area contributed by atoms with Crippen LogP contribution in [0.1, 0.15) is 47.9 Å². The minimum Gasteiger partial charge on any atom is -0.351 e. The molecule has 1 saturated heterocycles. The van der Waals surface area contributed by atoms with E-state index in [0.29, 0.717) is 5.69 Å². The summed E-state index contributed by atoms with van der Waals surface area (Å²) in [5.41, 5.74) is 2.72. The van der Waals surface area contributed by atoms with Crippen molar-refractivity contribution in [3.8, 4) is 0 Å². The van der Waals surface area contributed by atoms with Crippen molar-refractivity contribution < 1.29 is 4.79 Å². The Hall–Kier alpha value is -1.40. The minimum absolute atomic E-state index is 0.0350. The maximum Gasteiger partial charge on any atom is 0.272 e. The Bertz CT molecular complexity index is 505. The molecule has 1 aromatic heterocycles. The van der Waals surface area contributed by atoms with Crippen molar-refractivity contribution in [1.82, 2.24) is 25.7 Å². The number of aromatic amines is 1. The molecule has 3 rings (SSSR count). The summed E-state index contributed by atoms with van der Waals surface area (Å²) in [6, 6.07) is 0. The standard InChI is InChI=1S/C16H27N5O/c1-2-21-9-5-12(6-10-21)3-8-18-16(22)15-13-11-17-7-4-14(13)19-20-15/h12,17H,2-11H2,1H3,(H,18,22)(H,19,20). The number of hydrogen-bond donors (Lipinski definition) is 3. The normalized spacial score (nSPS) is 19.9. The van der Waals surface area contributed by atoms with Gasteiger partial charge in [0.2, 0.25) is 0 Å². The predicted molar refractivity (Wildman–Crippen MR) is 85.8 cm³/mol. The van der Waals surface area contributed by atoms with Crippen LogP contribution in [0.3, 0.4) is 0 Å². The highest BCUT2D eigenvalue weighted by atomic mass is 16.1. The number of carbonyl (C=O) groups excluding carboxylic acids is 1. The summed E-state index contributed by atoms with van der Waals surface area (Å²) in [6.45, 7) is 8.23. The van der Waals surface area contributed by atoms with E-state index in [2.05, 4.69) is 32.7 Å². The van der Waals surface area contributed by atoms with Crippen LogP contribution in [-0.4, -0.2) is 53.7 Å². The molecule has 3 N–H and O–H groups in total. The summed E-state index contributed by atoms with van der Waals surface area (Å²) in [6.07, 6.45) is 4.51. The predicted octanol–water partition coefficient (Wildman–Crippen LogP) is 0.907. The van der Waals surface area contributed by atoms with E-state index in [1.165, 1.54) is 25.9 Å². The second-order valence-corrected chi connectivity index (χ2v) is 6.38. The summed E-state index contributed by atoms with van der Waals surface area (Å²) in [5.74, 6) is 0.713. The molecule has 0 aliphatic carbocycles. The highest BCUT2D eigenvalue weighted by molar-refractivity contribution is 5.94. The van der Waals surface area contributed by atoms with Crippen molar-refractivity contribution in [3.63, 3.8) is 0 Å². The molecule has 0 aromatic carbocycles. The maximum absolute atomic E-state index is 12.3. The van der Waals surface area contributed by atoms with Crippen LogP contribution in [0.15, 0.2) is 0 Å². The first-order valence-electron chi connectivity index (χ1n) is 8.55. The number of rotatable bonds is 5. The van der Waals surface area contributed by atoms with E-state index in [0.717, 1.165) is 56.2 Å². The summed E-state index contributed by atoms with van der Waals surface area (Å²) in [4.78, 5) is 14.8. The molecule has 1 fully saturated rings. The average Bonchev–Trinajstić information content (AvgIpc) is 2.99. The number of likely N-dealkylation sites (tertiary alicyclic amines) is 1. The van der Waals surface area contributed by atoms with E-state index < -0.39 is 0 Å². The number of piperidine rings is 1. The quantitative estimate of drug-likeness (QED) is 0.756. The number of nitrogens with one attached hydrogen (secondary N) is 3. The highest BCUT2D eigenvalue weighted by Crippen LogP contribution is 2.20. The van der Waals surface area contributed by atoms with Crippen LogP contribution < -0.4 is 10.6 Å². The van der Waals surface area contributed by atoms with Gasteiger partial charge in [0.25, 0.3) is 5.91 Å². The fourth-order valence-corrected chi connectivity index (χ4v) is 3.48. The first-order chi connectivity index (χ1) is 10.8. The lowest BCUT2D eigenvalue weighted by Crippen LogP contribution is -2.35. The fraction of sp³-hybridized carbons (Fsp3) is 0.750. The number of hydrogen-bond acceptors (Lipinski definition) is 4. The molecule has 6 nitrogen and oxygen atoms in total. The first kappa shape index (κ1) is 15.5. The molecular weight excluding hydrogens is 278 g/mol. The number of amides is 1. The lowest BCUT2D eigenvalue weighted by Gasteiger charge is -2.31. The first-order valence-corrected chi connectivity index (χ1v) is 8.55. The van der Waals surface area contributed by atoms with Crippen molar-refractivity contribution in [2.45, 2.75) is 39.2 Å². The summed E-state index contributed by atoms with van der Waals surface area (Å²) >= 11 is 0. The molecule has 0 atom stereocenters. The maximum atomic E-state index is 12.3. The van der Waals surface area contributed by atoms with Crippen molar-refractivity contribution in [2.24, 2.45) is 5.92 Å². The zero-order valence-electron chi connectivity index (χ0n) is 13.5. The van der Waals surface area contributed by atoms with Crippen molar-refractivity contribution in [1.29, 1.82) is 0 Å². The van der Waals surface area contributed by atoms with Crippen LogP contribution in [0.2, 0.25) is 0 Å². The lowest BCUT2D eigenvalue weighted by molar-refractivity contribution is 0.0942. The van der Waals surface area contributed by atoms with Gasteiger partial charge in [-0.15, -0.1) is 0 Å². The highest BCUT2D eigenvalue weighted by Gasteiger charge is 2.22. The van der Waals surface area contributed by atoms with Gasteiger partial charge in [-0.25, -0.2) is 0 Å². The van der Waals surface area contributed by atoms with Gasteiger partial charge in [-0.2, -0.15) is 5.10 Å². The van der Waals surface area contributed by atoms with Crippen LogP contribution in [0.5, 0.6) is 0 Å². The molecule has 2 aliphatic heterocycles. The average molecular weight is 305 g/mol. The van der Waals surface area contributed by atoms with Gasteiger partial charge < -0.3 is 15.5 Å². The molecule has 2 aliphatic rings. The molecule has 0 saturated carbocycles. The molecular formula is C16H27N5O. The number of fused-ring (bicyclic) bond motifs is 1. The topological polar surface area (TPSA) is 73.0 Å². The molecule has 6 heteroatoms. The van der Waals surface area contributed by atoms with Gasteiger partial charge in [0.1, 0.15) is 0 Å². The number of aromatic nitrogens is 2. The molecule has 0 bridgehead atoms. The van der Waals surface area contributed by atoms with Crippen LogP contribution in [0, 0.1) is 5.92 Å². The van der Waals surface area contributed by atoms with Crippen molar-refractivity contribution >= 4 is 5.91 Å². The molecule has 3 heterocycles. The Morgan fingerprint density at radius 2 is 2.23 bits per heavy atom. The van der Waals surface area contributed by atoms with Gasteiger partial charge in [0.15, 0.2) is 5.69 Å². The molecule has 0 spiro atoms. The van der Waals surface area contributed by atoms with Crippen LogP contribution in [0.4, 0.5) is 0 Å². The molecule has 22 heavy (non-hydrogen) atoms. The number of nitrogens with zero attached hydrogens (tertiary/aromatic N) is 2. The van der Waals surface area contributed by atoms with E-state index in [4.69, 9.17) is 0 Å². The third-order valence-electron chi connectivity index (χ3n) is 5.01. The molecule has 0 radical (unpaired) electrons. The van der Waals surface area contributed by atoms with Gasteiger partial charge in [-0.05, 0) is 44.8 Å². The minimum atomic E-state index is -0.0350. The SMILES string of the molecule is CCN1CCC(CCNC(=O)c2n[nH]c3c2CNCC3)CC1. The van der Waals surface area contributed by atoms with Crippen molar-refractivity contribution in [3.05, 3.63) is 17.0 Å². The Kier molecular flexibility index (Phi) is 5.10. The van der Waals surface area contributed by atoms with E-state index in [1.807, 2.05) is 0 Å². The van der Waals surface area contributed by atoms with Crippen molar-refractivity contribution in [2.75, 3.05) is 32.7 Å². The van der Waals surface area contributed by atoms with Crippen LogP contribution in [0.25, 0.3) is 0 Å². The van der Waals surface area contributed by atoms with Gasteiger partial charge in [-0.1, -0.05) is 6.92 Å². The van der Waals surface area contributed by atoms with E-state index >= 15 is 0 Å². The largest absolute Gasteiger partial charge is 0.351 e. The van der Waals surface area contributed by atoms with Gasteiger partial charge >= 0.3 is 0 Å². The van der Waals surface area contributed by atoms with Gasteiger partial charge in [0, 0.05) is 37.3 Å². The molecule has 122 valence electrons. The Morgan fingerprint density at radius 1 is 1.41 bits per heavy atom. The monoisotopic (exact) mass is 305 g/mol. The smallest absolute Gasteiger partial charge is 0.272 e. The lowest BCUT2D eigenvalue weighted by atomic mass is 9.93. The fourth-order valence-electron chi connectivity index (χ4n) is 3.48. The van der Waals surface area contributed by atoms with Gasteiger partial charge in [0.05, 0.1) is 0 Å². The third-order valence-corrected chi connectivity index (χ3v) is 5.01. The van der Waals surface area contributed by atoms with Crippen LogP contribution in [-0.2, 0) is 13.0 Å². The molecule has 1 amide bonds. The third kappa shape index (κ3) is 3.50. The number of carbonyl (C=O) groups is 1. The van der Waals surface area contributed by atoms with E-state index in [9.17, 15) is 4.79 Å². The second-order valence-electron chi connectivity index (χ2n) is 6.38. The van der Waals surface area contributed by atoms with Gasteiger partial charge in [-0.3, -0.25) is 9.89 Å². The summed E-state index contributed by atoms with van der Waals surface area (Å²) < 4.78 is 0. The zero-order chi connectivity index (χ0) is 15.4. The van der Waals surface area contributed by atoms with Crippen LogP contribution >= 0.6 is 0 Å². The molecule has 0 unspecified atom stereocenters. The summed E-state index contributed by atoms with van der Waals surface area (Å²) in [5, 5.41) is 13.5. The summed E-state index contributed by atoms with van der Waals surface area (Å²) in [7, 11) is 0. The molecule has 1 aromatic rings.